The van der Waals surface area contributed by atoms with Crippen LogP contribution in [-0.4, -0.2) is 41.3 Å². The second-order valence-corrected chi connectivity index (χ2v) is 7.26. The molecule has 2 amide bonds. The van der Waals surface area contributed by atoms with Gasteiger partial charge in [0.2, 0.25) is 0 Å². The summed E-state index contributed by atoms with van der Waals surface area (Å²) in [5, 5.41) is 14.3. The van der Waals surface area contributed by atoms with Crippen LogP contribution in [-0.2, 0) is 11.2 Å². The van der Waals surface area contributed by atoms with Gasteiger partial charge in [-0.25, -0.2) is 4.79 Å². The molecule has 0 aliphatic rings. The average Bonchev–Trinajstić information content (AvgIpc) is 2.67. The summed E-state index contributed by atoms with van der Waals surface area (Å²) >= 11 is 3.29. The van der Waals surface area contributed by atoms with Crippen LogP contribution < -0.4 is 10.6 Å². The number of nitrogens with one attached hydrogen (secondary N) is 2. The Hall–Kier alpha value is -2.45. The van der Waals surface area contributed by atoms with E-state index >= 15 is 0 Å². The Balaban J connectivity index is 1.75. The van der Waals surface area contributed by atoms with Gasteiger partial charge in [0.1, 0.15) is 0 Å². The van der Waals surface area contributed by atoms with Gasteiger partial charge in [0, 0.05) is 41.6 Å². The number of rotatable bonds is 9. The van der Waals surface area contributed by atoms with Crippen molar-refractivity contribution in [1.82, 2.24) is 10.3 Å². The van der Waals surface area contributed by atoms with Crippen LogP contribution in [0, 0.1) is 0 Å². The lowest BCUT2D eigenvalue weighted by molar-refractivity contribution is 0.102. The van der Waals surface area contributed by atoms with E-state index in [9.17, 15) is 9.59 Å². The molecular weight excluding hydrogens is 426 g/mol. The number of alkyl carbamates (subject to hydrolysis) is 1. The average molecular weight is 450 g/mol. The number of aliphatic hydroxyl groups is 1. The molecular formula is C20H24BrN3O4. The van der Waals surface area contributed by atoms with Gasteiger partial charge in [-0.2, -0.15) is 0 Å². The molecule has 3 N–H and O–H groups in total. The summed E-state index contributed by atoms with van der Waals surface area (Å²) in [6.45, 7) is 2.24. The fourth-order valence-electron chi connectivity index (χ4n) is 2.47. The summed E-state index contributed by atoms with van der Waals surface area (Å²) in [5.41, 5.74) is 2.12. The first-order valence-electron chi connectivity index (χ1n) is 9.03. The van der Waals surface area contributed by atoms with Gasteiger partial charge in [-0.15, -0.1) is 0 Å². The molecule has 7 nitrogen and oxygen atoms in total. The number of ether oxygens (including phenoxy) is 1. The van der Waals surface area contributed by atoms with Gasteiger partial charge in [0.15, 0.2) is 0 Å². The molecule has 8 heteroatoms. The van der Waals surface area contributed by atoms with Gasteiger partial charge in [-0.3, -0.25) is 9.78 Å². The van der Waals surface area contributed by atoms with Crippen LogP contribution in [0.3, 0.4) is 0 Å². The van der Waals surface area contributed by atoms with Crippen molar-refractivity contribution in [3.63, 3.8) is 0 Å². The molecule has 0 fully saturated rings. The van der Waals surface area contributed by atoms with E-state index in [1.807, 2.05) is 19.1 Å². The maximum Gasteiger partial charge on any atom is 0.407 e. The highest BCUT2D eigenvalue weighted by Crippen LogP contribution is 2.14. The number of pyridine rings is 1. The highest BCUT2D eigenvalue weighted by atomic mass is 79.9. The van der Waals surface area contributed by atoms with Crippen LogP contribution in [0.4, 0.5) is 10.5 Å². The first-order chi connectivity index (χ1) is 13.5. The molecule has 1 heterocycles. The summed E-state index contributed by atoms with van der Waals surface area (Å²) in [6.07, 6.45) is 4.57. The number of carbonyl (C=O) groups excluding carboxylic acids is 2. The third-order valence-electron chi connectivity index (χ3n) is 3.96. The normalized spacial score (nSPS) is 11.5. The molecule has 2 rings (SSSR count). The second kappa shape index (κ2) is 11.4. The fourth-order valence-corrected chi connectivity index (χ4v) is 2.83. The fraction of sp³-hybridized carbons (Fsp3) is 0.350. The number of carbonyl (C=O) groups is 2. The van der Waals surface area contributed by atoms with Gasteiger partial charge in [0.05, 0.1) is 12.2 Å². The van der Waals surface area contributed by atoms with Crippen molar-refractivity contribution < 1.29 is 19.4 Å². The van der Waals surface area contributed by atoms with E-state index in [1.165, 1.54) is 6.20 Å². The first-order valence-corrected chi connectivity index (χ1v) is 9.82. The molecule has 0 bridgehead atoms. The van der Waals surface area contributed by atoms with Gasteiger partial charge < -0.3 is 20.5 Å². The van der Waals surface area contributed by atoms with Gasteiger partial charge in [-0.05, 0) is 59.5 Å². The van der Waals surface area contributed by atoms with Crippen molar-refractivity contribution in [1.29, 1.82) is 0 Å². The number of aliphatic hydroxyl groups excluding tert-OH is 1. The first kappa shape index (κ1) is 21.8. The SMILES string of the molecule is CC(CCCO)NC(=O)OCCc1ccc(NC(=O)c2cncc(Br)c2)cc1. The molecule has 0 aliphatic heterocycles. The Morgan fingerprint density at radius 1 is 1.25 bits per heavy atom. The number of hydrogen-bond donors (Lipinski definition) is 3. The lowest BCUT2D eigenvalue weighted by atomic mass is 10.1. The lowest BCUT2D eigenvalue weighted by Crippen LogP contribution is -2.33. The Morgan fingerprint density at radius 2 is 2.00 bits per heavy atom. The van der Waals surface area contributed by atoms with E-state index in [4.69, 9.17) is 9.84 Å². The number of nitrogens with zero attached hydrogens (tertiary/aromatic N) is 1. The third-order valence-corrected chi connectivity index (χ3v) is 4.40. The maximum absolute atomic E-state index is 12.2. The summed E-state index contributed by atoms with van der Waals surface area (Å²) in [6, 6.07) is 9.01. The number of aromatic nitrogens is 1. The molecule has 2 aromatic rings. The number of amides is 2. The zero-order valence-electron chi connectivity index (χ0n) is 15.7. The zero-order valence-corrected chi connectivity index (χ0v) is 17.2. The highest BCUT2D eigenvalue weighted by Gasteiger charge is 2.09. The van der Waals surface area contributed by atoms with Crippen molar-refractivity contribution >= 4 is 33.6 Å². The molecule has 1 aromatic carbocycles. The zero-order chi connectivity index (χ0) is 20.4. The molecule has 0 spiro atoms. The van der Waals surface area contributed by atoms with Crippen molar-refractivity contribution in [2.45, 2.75) is 32.2 Å². The number of benzene rings is 1. The van der Waals surface area contributed by atoms with Gasteiger partial charge >= 0.3 is 6.09 Å². The van der Waals surface area contributed by atoms with E-state index in [-0.39, 0.29) is 25.2 Å². The predicted octanol–water partition coefficient (Wildman–Crippen LogP) is 3.53. The Morgan fingerprint density at radius 3 is 2.68 bits per heavy atom. The third kappa shape index (κ3) is 7.66. The lowest BCUT2D eigenvalue weighted by Gasteiger charge is -2.13. The van der Waals surface area contributed by atoms with E-state index < -0.39 is 6.09 Å². The predicted molar refractivity (Wildman–Crippen MR) is 110 cm³/mol. The van der Waals surface area contributed by atoms with E-state index in [2.05, 4.69) is 31.5 Å². The van der Waals surface area contributed by atoms with Crippen molar-refractivity contribution in [3.8, 4) is 0 Å². The van der Waals surface area contributed by atoms with Crippen LogP contribution in [0.15, 0.2) is 47.2 Å². The molecule has 0 saturated carbocycles. The maximum atomic E-state index is 12.2. The summed E-state index contributed by atoms with van der Waals surface area (Å²) in [4.78, 5) is 27.9. The second-order valence-electron chi connectivity index (χ2n) is 6.34. The van der Waals surface area contributed by atoms with Crippen molar-refractivity contribution in [2.24, 2.45) is 0 Å². The molecule has 150 valence electrons. The quantitative estimate of drug-likeness (QED) is 0.543. The standard InChI is InChI=1S/C20H24BrN3O4/c1-14(3-2-9-25)23-20(27)28-10-8-15-4-6-18(7-5-15)24-19(26)16-11-17(21)13-22-12-16/h4-7,11-14,25H,2-3,8-10H2,1H3,(H,23,27)(H,24,26). The highest BCUT2D eigenvalue weighted by molar-refractivity contribution is 9.10. The van der Waals surface area contributed by atoms with Crippen LogP contribution in [0.2, 0.25) is 0 Å². The molecule has 1 aromatic heterocycles. The molecule has 0 saturated heterocycles. The molecule has 0 radical (unpaired) electrons. The number of anilines is 1. The topological polar surface area (TPSA) is 101 Å². The smallest absolute Gasteiger partial charge is 0.407 e. The van der Waals surface area contributed by atoms with Crippen molar-refractivity contribution in [3.05, 3.63) is 58.3 Å². The Kier molecular flexibility index (Phi) is 8.90. The Labute approximate surface area is 172 Å². The summed E-state index contributed by atoms with van der Waals surface area (Å²) in [7, 11) is 0. The van der Waals surface area contributed by atoms with Crippen LogP contribution in [0.5, 0.6) is 0 Å². The van der Waals surface area contributed by atoms with E-state index in [0.29, 0.717) is 30.5 Å². The van der Waals surface area contributed by atoms with Gasteiger partial charge in [0.25, 0.3) is 5.91 Å². The summed E-state index contributed by atoms with van der Waals surface area (Å²) < 4.78 is 5.91. The molecule has 1 unspecified atom stereocenters. The minimum absolute atomic E-state index is 0.0389. The molecule has 28 heavy (non-hydrogen) atoms. The minimum atomic E-state index is -0.461. The number of hydrogen-bond acceptors (Lipinski definition) is 5. The van der Waals surface area contributed by atoms with Gasteiger partial charge in [-0.1, -0.05) is 12.1 Å². The van der Waals surface area contributed by atoms with Crippen LogP contribution in [0.25, 0.3) is 0 Å². The monoisotopic (exact) mass is 449 g/mol. The van der Waals surface area contributed by atoms with E-state index in [0.717, 1.165) is 10.0 Å². The van der Waals surface area contributed by atoms with E-state index in [1.54, 1.807) is 24.4 Å². The molecule has 1 atom stereocenters. The molecule has 0 aliphatic carbocycles. The van der Waals surface area contributed by atoms with Crippen molar-refractivity contribution in [2.75, 3.05) is 18.5 Å². The minimum Gasteiger partial charge on any atom is -0.449 e. The largest absolute Gasteiger partial charge is 0.449 e. The van der Waals surface area contributed by atoms with Crippen LogP contribution in [0.1, 0.15) is 35.7 Å². The Bertz CT molecular complexity index is 783. The summed E-state index contributed by atoms with van der Waals surface area (Å²) in [5.74, 6) is -0.239. The van der Waals surface area contributed by atoms with Crippen LogP contribution >= 0.6 is 15.9 Å². The number of halogens is 1.